The Kier molecular flexibility index (Phi) is 5.24. The summed E-state index contributed by atoms with van der Waals surface area (Å²) in [5, 5.41) is 1.17. The average Bonchev–Trinajstić information content (AvgIpc) is 3.38. The van der Waals surface area contributed by atoms with Crippen LogP contribution in [0, 0.1) is 0 Å². The van der Waals surface area contributed by atoms with Gasteiger partial charge >= 0.3 is 0 Å². The van der Waals surface area contributed by atoms with Gasteiger partial charge in [-0.1, -0.05) is 18.2 Å². The van der Waals surface area contributed by atoms with E-state index in [0.29, 0.717) is 25.4 Å². The van der Waals surface area contributed by atoms with Crippen LogP contribution in [0.25, 0.3) is 22.2 Å². The Morgan fingerprint density at radius 2 is 1.90 bits per heavy atom. The van der Waals surface area contributed by atoms with Crippen molar-refractivity contribution in [1.82, 2.24) is 9.88 Å². The van der Waals surface area contributed by atoms with Crippen molar-refractivity contribution in [2.24, 2.45) is 0 Å². The fourth-order valence-electron chi connectivity index (χ4n) is 4.22. The lowest BCUT2D eigenvalue weighted by Crippen LogP contribution is -2.32. The summed E-state index contributed by atoms with van der Waals surface area (Å²) in [5.41, 5.74) is 4.43. The standard InChI is InChI=1S/C26H26N2O3/c1-30-20-12-8-18(9-13-20)26-23(22-6-2-3-7-24(22)27-26)14-15-25(29)28(19-10-11-19)17-21-5-4-16-31-21/h2-9,12-13,16,19,27H,10-11,14-15,17H2,1H3. The zero-order valence-electron chi connectivity index (χ0n) is 17.6. The number of carbonyl (C=O) groups excluding carboxylic acids is 1. The molecule has 31 heavy (non-hydrogen) atoms. The molecule has 0 bridgehead atoms. The maximum absolute atomic E-state index is 13.2. The summed E-state index contributed by atoms with van der Waals surface area (Å²) < 4.78 is 10.8. The van der Waals surface area contributed by atoms with E-state index in [1.165, 1.54) is 10.9 Å². The van der Waals surface area contributed by atoms with Gasteiger partial charge in [-0.3, -0.25) is 4.79 Å². The number of para-hydroxylation sites is 1. The molecule has 5 nitrogen and oxygen atoms in total. The number of aromatic nitrogens is 1. The van der Waals surface area contributed by atoms with Crippen LogP contribution in [-0.4, -0.2) is 28.9 Å². The van der Waals surface area contributed by atoms with Crippen LogP contribution in [0.5, 0.6) is 5.75 Å². The van der Waals surface area contributed by atoms with E-state index < -0.39 is 0 Å². The van der Waals surface area contributed by atoms with Crippen LogP contribution in [0.2, 0.25) is 0 Å². The van der Waals surface area contributed by atoms with Gasteiger partial charge in [0.15, 0.2) is 0 Å². The van der Waals surface area contributed by atoms with Crippen LogP contribution in [0.1, 0.15) is 30.6 Å². The third-order valence-electron chi connectivity index (χ3n) is 6.00. The highest BCUT2D eigenvalue weighted by molar-refractivity contribution is 5.91. The molecule has 2 aromatic heterocycles. The number of amides is 1. The summed E-state index contributed by atoms with van der Waals surface area (Å²) in [7, 11) is 1.67. The molecule has 0 radical (unpaired) electrons. The van der Waals surface area contributed by atoms with Gasteiger partial charge in [-0.25, -0.2) is 0 Å². The van der Waals surface area contributed by atoms with Crippen molar-refractivity contribution in [3.05, 3.63) is 78.3 Å². The summed E-state index contributed by atoms with van der Waals surface area (Å²) >= 11 is 0. The van der Waals surface area contributed by atoms with E-state index in [4.69, 9.17) is 9.15 Å². The fraction of sp³-hybridized carbons (Fsp3) is 0.269. The minimum absolute atomic E-state index is 0.185. The summed E-state index contributed by atoms with van der Waals surface area (Å²) in [4.78, 5) is 18.7. The second kappa shape index (κ2) is 8.34. The molecule has 1 amide bonds. The van der Waals surface area contributed by atoms with E-state index in [2.05, 4.69) is 29.2 Å². The van der Waals surface area contributed by atoms with Crippen molar-refractivity contribution in [2.75, 3.05) is 7.11 Å². The first kappa shape index (κ1) is 19.5. The van der Waals surface area contributed by atoms with Crippen LogP contribution in [0.15, 0.2) is 71.3 Å². The molecule has 0 spiro atoms. The number of nitrogens with one attached hydrogen (secondary N) is 1. The predicted octanol–water partition coefficient (Wildman–Crippen LogP) is 5.56. The second-order valence-corrected chi connectivity index (χ2v) is 8.08. The number of carbonyl (C=O) groups is 1. The van der Waals surface area contributed by atoms with E-state index in [-0.39, 0.29) is 5.91 Å². The van der Waals surface area contributed by atoms with E-state index >= 15 is 0 Å². The lowest BCUT2D eigenvalue weighted by Gasteiger charge is -2.21. The second-order valence-electron chi connectivity index (χ2n) is 8.08. The molecular weight excluding hydrogens is 388 g/mol. The Labute approximate surface area is 181 Å². The Morgan fingerprint density at radius 1 is 1.10 bits per heavy atom. The first-order valence-corrected chi connectivity index (χ1v) is 10.8. The largest absolute Gasteiger partial charge is 0.497 e. The molecule has 1 aliphatic carbocycles. The highest BCUT2D eigenvalue weighted by Gasteiger charge is 2.33. The van der Waals surface area contributed by atoms with Gasteiger partial charge in [0.2, 0.25) is 5.91 Å². The van der Waals surface area contributed by atoms with Gasteiger partial charge in [-0.15, -0.1) is 0 Å². The van der Waals surface area contributed by atoms with Crippen molar-refractivity contribution >= 4 is 16.8 Å². The molecule has 158 valence electrons. The molecule has 2 aromatic carbocycles. The summed E-state index contributed by atoms with van der Waals surface area (Å²) in [6.45, 7) is 0.551. The maximum atomic E-state index is 13.2. The van der Waals surface area contributed by atoms with Gasteiger partial charge in [0.25, 0.3) is 0 Å². The van der Waals surface area contributed by atoms with Crippen LogP contribution in [0.4, 0.5) is 0 Å². The molecule has 1 aliphatic rings. The molecule has 2 heterocycles. The van der Waals surface area contributed by atoms with Gasteiger partial charge in [-0.2, -0.15) is 0 Å². The molecule has 0 unspecified atom stereocenters. The number of rotatable bonds is 8. The van der Waals surface area contributed by atoms with Gasteiger partial charge in [-0.05, 0) is 72.9 Å². The van der Waals surface area contributed by atoms with Crippen molar-refractivity contribution in [3.63, 3.8) is 0 Å². The van der Waals surface area contributed by atoms with Gasteiger partial charge in [0, 0.05) is 29.1 Å². The SMILES string of the molecule is COc1ccc(-c2[nH]c3ccccc3c2CCC(=O)N(Cc2ccco2)C2CC2)cc1. The number of benzene rings is 2. The van der Waals surface area contributed by atoms with Gasteiger partial charge in [0.05, 0.1) is 19.9 Å². The molecule has 0 aliphatic heterocycles. The number of aromatic amines is 1. The molecule has 5 rings (SSSR count). The third kappa shape index (κ3) is 4.08. The number of hydrogen-bond acceptors (Lipinski definition) is 3. The van der Waals surface area contributed by atoms with Crippen LogP contribution < -0.4 is 4.74 Å². The zero-order chi connectivity index (χ0) is 21.2. The fourth-order valence-corrected chi connectivity index (χ4v) is 4.22. The minimum atomic E-state index is 0.185. The Bertz CT molecular complexity index is 1170. The first-order chi connectivity index (χ1) is 15.2. The number of hydrogen-bond donors (Lipinski definition) is 1. The van der Waals surface area contributed by atoms with E-state index in [0.717, 1.165) is 41.1 Å². The lowest BCUT2D eigenvalue weighted by molar-refractivity contribution is -0.132. The van der Waals surface area contributed by atoms with Crippen LogP contribution in [0.3, 0.4) is 0 Å². The first-order valence-electron chi connectivity index (χ1n) is 10.8. The number of methoxy groups -OCH3 is 1. The van der Waals surface area contributed by atoms with Gasteiger partial charge in [0.1, 0.15) is 11.5 Å². The van der Waals surface area contributed by atoms with Crippen molar-refractivity contribution in [1.29, 1.82) is 0 Å². The molecule has 1 fully saturated rings. The van der Waals surface area contributed by atoms with Crippen molar-refractivity contribution < 1.29 is 13.9 Å². The number of H-pyrrole nitrogens is 1. The Balaban J connectivity index is 1.40. The molecular formula is C26H26N2O3. The van der Waals surface area contributed by atoms with E-state index in [1.807, 2.05) is 41.3 Å². The van der Waals surface area contributed by atoms with Crippen LogP contribution in [-0.2, 0) is 17.8 Å². The van der Waals surface area contributed by atoms with E-state index in [1.54, 1.807) is 13.4 Å². The normalized spacial score (nSPS) is 13.5. The molecule has 0 atom stereocenters. The highest BCUT2D eigenvalue weighted by atomic mass is 16.5. The maximum Gasteiger partial charge on any atom is 0.223 e. The lowest BCUT2D eigenvalue weighted by atomic mass is 10.0. The van der Waals surface area contributed by atoms with Crippen molar-refractivity contribution in [2.45, 2.75) is 38.3 Å². The number of fused-ring (bicyclic) bond motifs is 1. The van der Waals surface area contributed by atoms with Crippen LogP contribution >= 0.6 is 0 Å². The highest BCUT2D eigenvalue weighted by Crippen LogP contribution is 2.33. The molecule has 1 saturated carbocycles. The Hall–Kier alpha value is -3.47. The van der Waals surface area contributed by atoms with E-state index in [9.17, 15) is 4.79 Å². The smallest absolute Gasteiger partial charge is 0.223 e. The monoisotopic (exact) mass is 414 g/mol. The summed E-state index contributed by atoms with van der Waals surface area (Å²) in [6, 6.07) is 20.5. The quantitative estimate of drug-likeness (QED) is 0.411. The number of ether oxygens (including phenoxy) is 1. The third-order valence-corrected chi connectivity index (χ3v) is 6.00. The molecule has 4 aromatic rings. The summed E-state index contributed by atoms with van der Waals surface area (Å²) in [6.07, 6.45) is 4.99. The summed E-state index contributed by atoms with van der Waals surface area (Å²) in [5.74, 6) is 1.85. The Morgan fingerprint density at radius 3 is 2.61 bits per heavy atom. The van der Waals surface area contributed by atoms with Gasteiger partial charge < -0.3 is 19.0 Å². The predicted molar refractivity (Wildman–Crippen MR) is 121 cm³/mol. The molecule has 1 N–H and O–H groups in total. The molecule has 0 saturated heterocycles. The topological polar surface area (TPSA) is 58.5 Å². The minimum Gasteiger partial charge on any atom is -0.497 e. The van der Waals surface area contributed by atoms with Crippen molar-refractivity contribution in [3.8, 4) is 17.0 Å². The number of nitrogens with zero attached hydrogens (tertiary/aromatic N) is 1. The number of aryl methyl sites for hydroxylation is 1. The molecule has 5 heteroatoms. The average molecular weight is 415 g/mol. The number of furan rings is 1. The zero-order valence-corrected chi connectivity index (χ0v) is 17.6.